The van der Waals surface area contributed by atoms with Crippen LogP contribution in [0.25, 0.3) is 0 Å². The number of benzene rings is 2. The first-order chi connectivity index (χ1) is 15.1. The second-order valence-corrected chi connectivity index (χ2v) is 7.55. The average molecular weight is 416 g/mol. The number of nitrogens with zero attached hydrogens (tertiary/aromatic N) is 3. The third kappa shape index (κ3) is 4.88. The van der Waals surface area contributed by atoms with E-state index in [0.29, 0.717) is 11.3 Å². The number of amides is 2. The zero-order valence-electron chi connectivity index (χ0n) is 17.2. The van der Waals surface area contributed by atoms with Crippen molar-refractivity contribution < 1.29 is 9.59 Å². The van der Waals surface area contributed by atoms with Gasteiger partial charge in [-0.1, -0.05) is 42.5 Å². The van der Waals surface area contributed by atoms with Gasteiger partial charge in [-0.05, 0) is 43.0 Å². The molecule has 1 aliphatic rings. The van der Waals surface area contributed by atoms with E-state index in [9.17, 15) is 14.4 Å². The van der Waals surface area contributed by atoms with Crippen LogP contribution in [-0.4, -0.2) is 39.6 Å². The molecule has 2 amide bonds. The van der Waals surface area contributed by atoms with Crippen LogP contribution >= 0.6 is 0 Å². The smallest absolute Gasteiger partial charge is 0.276 e. The summed E-state index contributed by atoms with van der Waals surface area (Å²) in [5.41, 5.74) is 1.62. The van der Waals surface area contributed by atoms with Crippen LogP contribution in [0.15, 0.2) is 71.5 Å². The molecule has 7 heteroatoms. The highest BCUT2D eigenvalue weighted by Gasteiger charge is 2.22. The molecule has 0 radical (unpaired) electrons. The molecule has 1 aliphatic heterocycles. The molecule has 1 fully saturated rings. The Morgan fingerprint density at radius 2 is 1.58 bits per heavy atom. The van der Waals surface area contributed by atoms with E-state index >= 15 is 0 Å². The van der Waals surface area contributed by atoms with Crippen molar-refractivity contribution in [3.05, 3.63) is 93.9 Å². The molecular weight excluding hydrogens is 392 g/mol. The fourth-order valence-electron chi connectivity index (χ4n) is 3.67. The lowest BCUT2D eigenvalue weighted by molar-refractivity contribution is 0.0725. The minimum Gasteiger partial charge on any atom is -0.339 e. The zero-order valence-corrected chi connectivity index (χ0v) is 17.2. The molecule has 0 unspecified atom stereocenters. The molecule has 0 aliphatic carbocycles. The molecule has 0 saturated carbocycles. The van der Waals surface area contributed by atoms with Crippen molar-refractivity contribution >= 4 is 17.5 Å². The van der Waals surface area contributed by atoms with Crippen LogP contribution in [0.5, 0.6) is 0 Å². The molecule has 31 heavy (non-hydrogen) atoms. The van der Waals surface area contributed by atoms with Gasteiger partial charge in [-0.3, -0.25) is 14.4 Å². The molecule has 0 spiro atoms. The minimum atomic E-state index is -0.472. The Morgan fingerprint density at radius 3 is 2.35 bits per heavy atom. The van der Waals surface area contributed by atoms with Gasteiger partial charge in [0, 0.05) is 19.2 Å². The Labute approximate surface area is 180 Å². The van der Waals surface area contributed by atoms with Crippen LogP contribution in [0.3, 0.4) is 0 Å². The Kier molecular flexibility index (Phi) is 6.21. The van der Waals surface area contributed by atoms with Crippen molar-refractivity contribution in [1.82, 2.24) is 14.7 Å². The Balaban J connectivity index is 1.54. The second kappa shape index (κ2) is 9.38. The normalized spacial score (nSPS) is 13.6. The lowest BCUT2D eigenvalue weighted by Gasteiger charge is -2.27. The number of anilines is 1. The molecule has 1 aromatic heterocycles. The Bertz CT molecular complexity index is 1130. The first kappa shape index (κ1) is 20.5. The van der Waals surface area contributed by atoms with Crippen LogP contribution in [-0.2, 0) is 6.54 Å². The van der Waals surface area contributed by atoms with Gasteiger partial charge in [0.25, 0.3) is 17.4 Å². The quantitative estimate of drug-likeness (QED) is 0.692. The minimum absolute atomic E-state index is 0.0855. The SMILES string of the molecule is O=C(Nc1ccccc1C(=O)N1CCCCC1)c1ccc(=O)n(Cc2ccccc2)n1. The molecule has 3 aromatic rings. The van der Waals surface area contributed by atoms with Gasteiger partial charge < -0.3 is 10.2 Å². The van der Waals surface area contributed by atoms with E-state index < -0.39 is 5.91 Å². The van der Waals surface area contributed by atoms with Crippen LogP contribution in [0.4, 0.5) is 5.69 Å². The average Bonchev–Trinajstić information content (AvgIpc) is 2.81. The number of para-hydroxylation sites is 1. The monoisotopic (exact) mass is 416 g/mol. The van der Waals surface area contributed by atoms with Gasteiger partial charge >= 0.3 is 0 Å². The van der Waals surface area contributed by atoms with Gasteiger partial charge in [-0.2, -0.15) is 5.10 Å². The van der Waals surface area contributed by atoms with Crippen molar-refractivity contribution in [2.45, 2.75) is 25.8 Å². The molecule has 2 aromatic carbocycles. The van der Waals surface area contributed by atoms with Gasteiger partial charge in [0.05, 0.1) is 17.8 Å². The van der Waals surface area contributed by atoms with Gasteiger partial charge in [0.2, 0.25) is 0 Å². The number of rotatable bonds is 5. The fourth-order valence-corrected chi connectivity index (χ4v) is 3.67. The van der Waals surface area contributed by atoms with Crippen molar-refractivity contribution in [1.29, 1.82) is 0 Å². The summed E-state index contributed by atoms with van der Waals surface area (Å²) in [6, 6.07) is 19.1. The maximum absolute atomic E-state index is 13.0. The van der Waals surface area contributed by atoms with Gasteiger partial charge in [-0.15, -0.1) is 0 Å². The van der Waals surface area contributed by atoms with E-state index in [2.05, 4.69) is 10.4 Å². The van der Waals surface area contributed by atoms with E-state index in [1.165, 1.54) is 16.8 Å². The van der Waals surface area contributed by atoms with E-state index in [4.69, 9.17) is 0 Å². The van der Waals surface area contributed by atoms with Gasteiger partial charge in [0.15, 0.2) is 0 Å². The van der Waals surface area contributed by atoms with Crippen LogP contribution in [0.2, 0.25) is 0 Å². The number of carbonyl (C=O) groups excluding carboxylic acids is 2. The highest BCUT2D eigenvalue weighted by Crippen LogP contribution is 2.20. The predicted octanol–water partition coefficient (Wildman–Crippen LogP) is 3.17. The van der Waals surface area contributed by atoms with Crippen molar-refractivity contribution in [3.63, 3.8) is 0 Å². The standard InChI is InChI=1S/C24H24N4O3/c29-22-14-13-21(26-28(22)17-18-9-3-1-4-10-18)23(30)25-20-12-6-5-11-19(20)24(31)27-15-7-2-8-16-27/h1,3-6,9-14H,2,7-8,15-17H2,(H,25,30). The second-order valence-electron chi connectivity index (χ2n) is 7.55. The van der Waals surface area contributed by atoms with Crippen molar-refractivity contribution in [2.75, 3.05) is 18.4 Å². The molecular formula is C24H24N4O3. The highest BCUT2D eigenvalue weighted by molar-refractivity contribution is 6.08. The van der Waals surface area contributed by atoms with E-state index in [-0.39, 0.29) is 23.7 Å². The molecule has 2 heterocycles. The number of piperidine rings is 1. The summed E-state index contributed by atoms with van der Waals surface area (Å²) >= 11 is 0. The van der Waals surface area contributed by atoms with Crippen molar-refractivity contribution in [3.8, 4) is 0 Å². The molecule has 158 valence electrons. The number of hydrogen-bond acceptors (Lipinski definition) is 4. The van der Waals surface area contributed by atoms with Crippen LogP contribution in [0, 0.1) is 0 Å². The molecule has 1 N–H and O–H groups in total. The van der Waals surface area contributed by atoms with E-state index in [1.54, 1.807) is 24.3 Å². The maximum Gasteiger partial charge on any atom is 0.276 e. The third-order valence-corrected chi connectivity index (χ3v) is 5.32. The van der Waals surface area contributed by atoms with Crippen molar-refractivity contribution in [2.24, 2.45) is 0 Å². The summed E-state index contributed by atoms with van der Waals surface area (Å²) in [5.74, 6) is -0.557. The summed E-state index contributed by atoms with van der Waals surface area (Å²) in [6.45, 7) is 1.73. The largest absolute Gasteiger partial charge is 0.339 e. The zero-order chi connectivity index (χ0) is 21.6. The molecule has 7 nitrogen and oxygen atoms in total. The lowest BCUT2D eigenvalue weighted by atomic mass is 10.1. The van der Waals surface area contributed by atoms with Crippen LogP contribution < -0.4 is 10.9 Å². The number of hydrogen-bond donors (Lipinski definition) is 1. The lowest BCUT2D eigenvalue weighted by Crippen LogP contribution is -2.36. The number of carbonyl (C=O) groups is 2. The molecule has 0 atom stereocenters. The summed E-state index contributed by atoms with van der Waals surface area (Å²) < 4.78 is 1.26. The van der Waals surface area contributed by atoms with Gasteiger partial charge in [0.1, 0.15) is 5.69 Å². The Morgan fingerprint density at radius 1 is 0.871 bits per heavy atom. The molecule has 4 rings (SSSR count). The van der Waals surface area contributed by atoms with Crippen LogP contribution in [0.1, 0.15) is 45.7 Å². The first-order valence-electron chi connectivity index (χ1n) is 10.4. The summed E-state index contributed by atoms with van der Waals surface area (Å²) in [4.78, 5) is 39.8. The van der Waals surface area contributed by atoms with E-state index in [0.717, 1.165) is 37.9 Å². The third-order valence-electron chi connectivity index (χ3n) is 5.32. The Hall–Kier alpha value is -3.74. The van der Waals surface area contributed by atoms with E-state index in [1.807, 2.05) is 35.2 Å². The number of nitrogens with one attached hydrogen (secondary N) is 1. The maximum atomic E-state index is 13.0. The fraction of sp³-hybridized carbons (Fsp3) is 0.250. The molecule has 0 bridgehead atoms. The topological polar surface area (TPSA) is 84.3 Å². The number of likely N-dealkylation sites (tertiary alicyclic amines) is 1. The summed E-state index contributed by atoms with van der Waals surface area (Å²) in [7, 11) is 0. The predicted molar refractivity (Wildman–Crippen MR) is 118 cm³/mol. The number of aromatic nitrogens is 2. The van der Waals surface area contributed by atoms with Gasteiger partial charge in [-0.25, -0.2) is 4.68 Å². The highest BCUT2D eigenvalue weighted by atomic mass is 16.2. The first-order valence-corrected chi connectivity index (χ1v) is 10.4. The molecule has 1 saturated heterocycles. The summed E-state index contributed by atoms with van der Waals surface area (Å²) in [5, 5.41) is 7.02. The summed E-state index contributed by atoms with van der Waals surface area (Å²) in [6.07, 6.45) is 3.12.